The number of amides is 1. The highest BCUT2D eigenvalue weighted by Crippen LogP contribution is 2.24. The van der Waals surface area contributed by atoms with Crippen molar-refractivity contribution >= 4 is 5.91 Å². The van der Waals surface area contributed by atoms with Crippen LogP contribution in [0.3, 0.4) is 0 Å². The Kier molecular flexibility index (Phi) is 3.78. The number of nitrogens with zero attached hydrogens (tertiary/aromatic N) is 5. The van der Waals surface area contributed by atoms with Crippen LogP contribution in [0.5, 0.6) is 0 Å². The van der Waals surface area contributed by atoms with Crippen molar-refractivity contribution in [2.75, 3.05) is 13.1 Å². The first-order chi connectivity index (χ1) is 11.8. The van der Waals surface area contributed by atoms with Crippen LogP contribution < -0.4 is 0 Å². The molecule has 1 amide bonds. The summed E-state index contributed by atoms with van der Waals surface area (Å²) in [5.74, 6) is -0.0264. The van der Waals surface area contributed by atoms with Crippen LogP contribution in [0, 0.1) is 0 Å². The van der Waals surface area contributed by atoms with E-state index in [-0.39, 0.29) is 11.9 Å². The van der Waals surface area contributed by atoms with Crippen molar-refractivity contribution in [3.05, 3.63) is 66.6 Å². The molecule has 0 radical (unpaired) electrons. The second-order valence-electron chi connectivity index (χ2n) is 5.86. The lowest BCUT2D eigenvalue weighted by Gasteiger charge is -2.15. The molecule has 2 aromatic heterocycles. The molecule has 3 aromatic rings. The Bertz CT molecular complexity index is 831. The molecule has 6 nitrogen and oxygen atoms in total. The number of aromatic nitrogens is 4. The maximum atomic E-state index is 12.5. The van der Waals surface area contributed by atoms with Crippen LogP contribution in [0.1, 0.15) is 23.0 Å². The van der Waals surface area contributed by atoms with E-state index in [1.54, 1.807) is 12.3 Å². The molecule has 1 atom stereocenters. The van der Waals surface area contributed by atoms with Gasteiger partial charge in [0.05, 0.1) is 12.2 Å². The molecule has 0 saturated carbocycles. The minimum atomic E-state index is -0.0264. The van der Waals surface area contributed by atoms with Gasteiger partial charge in [-0.25, -0.2) is 4.68 Å². The van der Waals surface area contributed by atoms with Gasteiger partial charge in [-0.15, -0.1) is 5.10 Å². The normalized spacial score (nSPS) is 17.2. The smallest absolute Gasteiger partial charge is 0.272 e. The lowest BCUT2D eigenvalue weighted by Crippen LogP contribution is -2.29. The van der Waals surface area contributed by atoms with Gasteiger partial charge in [-0.2, -0.15) is 0 Å². The van der Waals surface area contributed by atoms with Gasteiger partial charge in [0.2, 0.25) is 0 Å². The fourth-order valence-corrected chi connectivity index (χ4v) is 2.99. The Morgan fingerprint density at radius 1 is 1.08 bits per heavy atom. The van der Waals surface area contributed by atoms with Crippen LogP contribution in [-0.4, -0.2) is 43.9 Å². The molecule has 1 saturated heterocycles. The highest BCUT2D eigenvalue weighted by molar-refractivity contribution is 5.92. The minimum absolute atomic E-state index is 0.0264. The van der Waals surface area contributed by atoms with E-state index >= 15 is 0 Å². The Balaban J connectivity index is 1.48. The van der Waals surface area contributed by atoms with E-state index in [2.05, 4.69) is 15.3 Å². The van der Waals surface area contributed by atoms with Crippen LogP contribution in [0.2, 0.25) is 0 Å². The molecule has 0 aliphatic carbocycles. The van der Waals surface area contributed by atoms with Crippen molar-refractivity contribution in [2.24, 2.45) is 0 Å². The monoisotopic (exact) mass is 319 g/mol. The zero-order valence-electron chi connectivity index (χ0n) is 13.1. The Hall–Kier alpha value is -3.02. The summed E-state index contributed by atoms with van der Waals surface area (Å²) in [6, 6.07) is 15.5. The first kappa shape index (κ1) is 14.6. The fraction of sp³-hybridized carbons (Fsp3) is 0.222. The summed E-state index contributed by atoms with van der Waals surface area (Å²) in [6.45, 7) is 1.34. The molecule has 0 N–H and O–H groups in total. The Morgan fingerprint density at radius 3 is 2.71 bits per heavy atom. The molecule has 0 spiro atoms. The van der Waals surface area contributed by atoms with Crippen LogP contribution in [0.15, 0.2) is 60.9 Å². The molecule has 3 heterocycles. The van der Waals surface area contributed by atoms with E-state index in [0.717, 1.165) is 17.7 Å². The molecular formula is C18H17N5O. The third-order valence-corrected chi connectivity index (χ3v) is 4.29. The van der Waals surface area contributed by atoms with Gasteiger partial charge >= 0.3 is 0 Å². The first-order valence-corrected chi connectivity index (χ1v) is 7.99. The highest BCUT2D eigenvalue weighted by Gasteiger charge is 2.29. The quantitative estimate of drug-likeness (QED) is 0.744. The van der Waals surface area contributed by atoms with Crippen molar-refractivity contribution in [3.63, 3.8) is 0 Å². The zero-order chi connectivity index (χ0) is 16.4. The van der Waals surface area contributed by atoms with Crippen LogP contribution in [0.4, 0.5) is 0 Å². The minimum Gasteiger partial charge on any atom is -0.335 e. The summed E-state index contributed by atoms with van der Waals surface area (Å²) < 4.78 is 1.87. The summed E-state index contributed by atoms with van der Waals surface area (Å²) in [5.41, 5.74) is 2.38. The van der Waals surface area contributed by atoms with Gasteiger partial charge in [0, 0.05) is 24.8 Å². The van der Waals surface area contributed by atoms with E-state index in [0.29, 0.717) is 18.8 Å². The van der Waals surface area contributed by atoms with Gasteiger partial charge in [-0.05, 0) is 18.6 Å². The number of carbonyl (C=O) groups excluding carboxylic acids is 1. The van der Waals surface area contributed by atoms with Gasteiger partial charge in [0.25, 0.3) is 5.91 Å². The highest BCUT2D eigenvalue weighted by atomic mass is 16.2. The number of hydrogen-bond donors (Lipinski definition) is 0. The summed E-state index contributed by atoms with van der Waals surface area (Å²) in [5, 5.41) is 8.51. The van der Waals surface area contributed by atoms with E-state index in [1.807, 2.05) is 58.2 Å². The first-order valence-electron chi connectivity index (χ1n) is 7.99. The van der Waals surface area contributed by atoms with E-state index in [9.17, 15) is 4.79 Å². The van der Waals surface area contributed by atoms with Crippen molar-refractivity contribution in [3.8, 4) is 11.3 Å². The molecule has 4 rings (SSSR count). The number of carbonyl (C=O) groups is 1. The van der Waals surface area contributed by atoms with Crippen LogP contribution in [-0.2, 0) is 0 Å². The average molecular weight is 319 g/mol. The van der Waals surface area contributed by atoms with E-state index < -0.39 is 0 Å². The van der Waals surface area contributed by atoms with E-state index in [1.165, 1.54) is 0 Å². The van der Waals surface area contributed by atoms with Gasteiger partial charge < -0.3 is 4.90 Å². The molecule has 120 valence electrons. The molecule has 0 bridgehead atoms. The fourth-order valence-electron chi connectivity index (χ4n) is 2.99. The lowest BCUT2D eigenvalue weighted by atomic mass is 10.2. The summed E-state index contributed by atoms with van der Waals surface area (Å²) >= 11 is 0. The van der Waals surface area contributed by atoms with E-state index in [4.69, 9.17) is 0 Å². The van der Waals surface area contributed by atoms with Crippen molar-refractivity contribution in [1.82, 2.24) is 24.9 Å². The van der Waals surface area contributed by atoms with Crippen molar-refractivity contribution in [2.45, 2.75) is 12.5 Å². The number of benzene rings is 1. The number of likely N-dealkylation sites (tertiary alicyclic amines) is 1. The maximum Gasteiger partial charge on any atom is 0.272 e. The number of pyridine rings is 1. The average Bonchev–Trinajstić information content (AvgIpc) is 3.32. The van der Waals surface area contributed by atoms with Gasteiger partial charge in [-0.1, -0.05) is 41.6 Å². The topological polar surface area (TPSA) is 63.9 Å². The summed E-state index contributed by atoms with van der Waals surface area (Å²) in [7, 11) is 0. The molecule has 6 heteroatoms. The lowest BCUT2D eigenvalue weighted by molar-refractivity contribution is 0.0781. The van der Waals surface area contributed by atoms with Gasteiger partial charge in [0.15, 0.2) is 0 Å². The largest absolute Gasteiger partial charge is 0.335 e. The SMILES string of the molecule is O=C(c1ccccn1)N1CC[C@H](n2cc(-c3ccccc3)nn2)C1. The van der Waals surface area contributed by atoms with Crippen molar-refractivity contribution in [1.29, 1.82) is 0 Å². The Labute approximate surface area is 139 Å². The Morgan fingerprint density at radius 2 is 1.92 bits per heavy atom. The molecule has 1 aromatic carbocycles. The van der Waals surface area contributed by atoms with Crippen LogP contribution >= 0.6 is 0 Å². The predicted octanol–water partition coefficient (Wildman–Crippen LogP) is 2.43. The third kappa shape index (κ3) is 2.78. The standard InChI is InChI=1S/C18H17N5O/c24-18(16-8-4-5-10-19-16)22-11-9-15(12-22)23-13-17(20-21-23)14-6-2-1-3-7-14/h1-8,10,13,15H,9,11-12H2/t15-/m0/s1. The molecule has 1 aliphatic rings. The molecular weight excluding hydrogens is 302 g/mol. The molecule has 1 fully saturated rings. The molecule has 24 heavy (non-hydrogen) atoms. The predicted molar refractivity (Wildman–Crippen MR) is 89.3 cm³/mol. The maximum absolute atomic E-state index is 12.5. The third-order valence-electron chi connectivity index (χ3n) is 4.29. The van der Waals surface area contributed by atoms with Crippen molar-refractivity contribution < 1.29 is 4.79 Å². The zero-order valence-corrected chi connectivity index (χ0v) is 13.1. The molecule has 0 unspecified atom stereocenters. The number of hydrogen-bond acceptors (Lipinski definition) is 4. The van der Waals surface area contributed by atoms with Gasteiger partial charge in [-0.3, -0.25) is 9.78 Å². The van der Waals surface area contributed by atoms with Crippen LogP contribution in [0.25, 0.3) is 11.3 Å². The summed E-state index contributed by atoms with van der Waals surface area (Å²) in [6.07, 6.45) is 4.47. The second-order valence-corrected chi connectivity index (χ2v) is 5.86. The summed E-state index contributed by atoms with van der Waals surface area (Å²) in [4.78, 5) is 18.4. The second kappa shape index (κ2) is 6.23. The molecule has 1 aliphatic heterocycles. The number of rotatable bonds is 3. The van der Waals surface area contributed by atoms with Gasteiger partial charge in [0.1, 0.15) is 11.4 Å².